The number of nitro benzene ring substituents is 1. The number of benzene rings is 2. The highest BCUT2D eigenvalue weighted by Crippen LogP contribution is 2.61. The van der Waals surface area contributed by atoms with Crippen LogP contribution in [0, 0.1) is 44.6 Å². The summed E-state index contributed by atoms with van der Waals surface area (Å²) in [4.78, 5) is 47.8. The standard InChI is InChI=1S/C41H61N5O8/c1-23-32-17-28(41(32,6)7)18-33(23)43-39(50)36-35(24(2)48)34(22-47)54-45(36)20-25-12-11-13-31(37(25)53-10)26-14-27(16-30(15-26)46(51)52)38(49)42-29(21-44(8)9)19-40(3,4)5/h11-16,23-24,28-29,32-36,47-48H,17-22H2,1-10H3,(H,42,49)(H,43,50)/t23-,24-,28+,29-,32-,33-,34-,35+,36?/m0/s1. The van der Waals surface area contributed by atoms with Gasteiger partial charge in [-0.3, -0.25) is 24.5 Å². The van der Waals surface area contributed by atoms with Crippen LogP contribution in [-0.2, 0) is 16.2 Å². The zero-order valence-electron chi connectivity index (χ0n) is 33.6. The molecule has 0 spiro atoms. The van der Waals surface area contributed by atoms with Crippen molar-refractivity contribution in [1.82, 2.24) is 20.6 Å². The number of carbonyl (C=O) groups is 2. The van der Waals surface area contributed by atoms with Gasteiger partial charge in [-0.25, -0.2) is 0 Å². The number of likely N-dealkylation sites (N-methyl/N-ethyl adjacent to an activating group) is 1. The lowest BCUT2D eigenvalue weighted by Crippen LogP contribution is -2.62. The molecule has 2 aromatic carbocycles. The third kappa shape index (κ3) is 8.75. The molecule has 4 N–H and O–H groups in total. The minimum Gasteiger partial charge on any atom is -0.496 e. The van der Waals surface area contributed by atoms with E-state index in [-0.39, 0.29) is 46.6 Å². The smallest absolute Gasteiger partial charge is 0.270 e. The lowest BCUT2D eigenvalue weighted by atomic mass is 9.45. The average molecular weight is 752 g/mol. The van der Waals surface area contributed by atoms with Crippen LogP contribution in [0.3, 0.4) is 0 Å². The number of non-ortho nitro benzene ring substituents is 1. The lowest BCUT2D eigenvalue weighted by Gasteiger charge is -2.62. The fourth-order valence-electron chi connectivity index (χ4n) is 9.44. The molecule has 6 rings (SSSR count). The van der Waals surface area contributed by atoms with E-state index in [9.17, 15) is 29.9 Å². The molecule has 1 heterocycles. The van der Waals surface area contributed by atoms with Gasteiger partial charge in [0, 0.05) is 53.4 Å². The molecule has 2 amide bonds. The minimum atomic E-state index is -0.956. The van der Waals surface area contributed by atoms with Crippen molar-refractivity contribution in [2.24, 2.45) is 34.5 Å². The van der Waals surface area contributed by atoms with E-state index in [4.69, 9.17) is 9.57 Å². The number of nitro groups is 1. The van der Waals surface area contributed by atoms with Gasteiger partial charge in [0.05, 0.1) is 31.3 Å². The highest BCUT2D eigenvalue weighted by atomic mass is 16.7. The number of nitrogens with one attached hydrogen (secondary N) is 2. The van der Waals surface area contributed by atoms with Gasteiger partial charge in [0.2, 0.25) is 5.91 Å². The van der Waals surface area contributed by atoms with Crippen LogP contribution in [-0.4, -0.2) is 102 Å². The van der Waals surface area contributed by atoms with Crippen LogP contribution in [0.5, 0.6) is 5.75 Å². The molecule has 54 heavy (non-hydrogen) atoms. The zero-order chi connectivity index (χ0) is 39.9. The molecule has 13 nitrogen and oxygen atoms in total. The Labute approximate surface area is 319 Å². The highest BCUT2D eigenvalue weighted by molar-refractivity contribution is 5.97. The molecule has 2 aromatic rings. The van der Waals surface area contributed by atoms with Crippen molar-refractivity contribution in [3.63, 3.8) is 0 Å². The van der Waals surface area contributed by atoms with Crippen molar-refractivity contribution in [2.75, 3.05) is 34.4 Å². The van der Waals surface area contributed by atoms with E-state index in [0.717, 1.165) is 6.42 Å². The number of para-hydroxylation sites is 1. The van der Waals surface area contributed by atoms with Gasteiger partial charge in [-0.1, -0.05) is 59.7 Å². The van der Waals surface area contributed by atoms with Gasteiger partial charge in [0.15, 0.2) is 0 Å². The van der Waals surface area contributed by atoms with Crippen LogP contribution in [0.1, 0.15) is 83.7 Å². The number of hydrogen-bond acceptors (Lipinski definition) is 10. The van der Waals surface area contributed by atoms with Crippen molar-refractivity contribution in [3.8, 4) is 16.9 Å². The molecule has 13 heteroatoms. The summed E-state index contributed by atoms with van der Waals surface area (Å²) in [6.45, 7) is 15.0. The summed E-state index contributed by atoms with van der Waals surface area (Å²) in [6.07, 6.45) is 0.987. The van der Waals surface area contributed by atoms with Crippen LogP contribution in [0.25, 0.3) is 11.1 Å². The lowest BCUT2D eigenvalue weighted by molar-refractivity contribution is -0.384. The molecule has 298 valence electrons. The van der Waals surface area contributed by atoms with Gasteiger partial charge < -0.3 is 30.5 Å². The number of nitrogens with zero attached hydrogens (tertiary/aromatic N) is 3. The van der Waals surface area contributed by atoms with E-state index >= 15 is 0 Å². The second-order valence-electron chi connectivity index (χ2n) is 18.0. The van der Waals surface area contributed by atoms with E-state index in [1.165, 1.54) is 30.7 Å². The molecule has 1 saturated heterocycles. The van der Waals surface area contributed by atoms with Crippen LogP contribution >= 0.6 is 0 Å². The number of hydrogen-bond donors (Lipinski definition) is 4. The topological polar surface area (TPSA) is 167 Å². The molecule has 4 fully saturated rings. The van der Waals surface area contributed by atoms with Crippen molar-refractivity contribution in [2.45, 2.75) is 105 Å². The van der Waals surface area contributed by atoms with Crippen molar-refractivity contribution in [1.29, 1.82) is 0 Å². The van der Waals surface area contributed by atoms with Crippen molar-refractivity contribution >= 4 is 17.5 Å². The number of aliphatic hydroxyl groups excluding tert-OH is 2. The Morgan fingerprint density at radius 2 is 1.89 bits per heavy atom. The Morgan fingerprint density at radius 3 is 2.44 bits per heavy atom. The summed E-state index contributed by atoms with van der Waals surface area (Å²) in [5.41, 5.74) is 1.62. The maximum absolute atomic E-state index is 14.2. The van der Waals surface area contributed by atoms with Crippen LogP contribution in [0.15, 0.2) is 36.4 Å². The molecular formula is C41H61N5O8. The minimum absolute atomic E-state index is 0.0105. The Kier molecular flexibility index (Phi) is 12.5. The first-order chi connectivity index (χ1) is 25.2. The van der Waals surface area contributed by atoms with Crippen LogP contribution in [0.2, 0.25) is 0 Å². The summed E-state index contributed by atoms with van der Waals surface area (Å²) < 4.78 is 5.94. The number of carbonyl (C=O) groups excluding carboxylic acids is 2. The van der Waals surface area contributed by atoms with Gasteiger partial charge in [-0.05, 0) is 80.5 Å². The highest BCUT2D eigenvalue weighted by Gasteiger charge is 2.57. The van der Waals surface area contributed by atoms with Crippen LogP contribution < -0.4 is 15.4 Å². The second-order valence-corrected chi connectivity index (χ2v) is 18.0. The second kappa shape index (κ2) is 16.2. The summed E-state index contributed by atoms with van der Waals surface area (Å²) in [6, 6.07) is 8.56. The maximum Gasteiger partial charge on any atom is 0.270 e. The monoisotopic (exact) mass is 751 g/mol. The first-order valence-corrected chi connectivity index (χ1v) is 19.2. The summed E-state index contributed by atoms with van der Waals surface area (Å²) in [5, 5.41) is 41.3. The Balaban J connectivity index is 1.45. The van der Waals surface area contributed by atoms with E-state index in [1.807, 2.05) is 25.1 Å². The molecule has 1 aliphatic heterocycles. The Morgan fingerprint density at radius 1 is 1.19 bits per heavy atom. The normalized spacial score (nSPS) is 27.5. The Bertz CT molecular complexity index is 1690. The summed E-state index contributed by atoms with van der Waals surface area (Å²) in [5.74, 6) is 0.336. The number of ether oxygens (including phenoxy) is 1. The first-order valence-electron chi connectivity index (χ1n) is 19.2. The molecule has 1 unspecified atom stereocenters. The number of fused-ring (bicyclic) bond motifs is 2. The fourth-order valence-corrected chi connectivity index (χ4v) is 9.44. The third-order valence-electron chi connectivity index (χ3n) is 12.2. The molecule has 0 radical (unpaired) electrons. The SMILES string of the molecule is COc1c(CN2O[C@@H](CO)[C@@H]([C@H](C)O)C2C(=O)N[C@H]2C[C@H]3C[C@@H]([C@@H]2C)C3(C)C)cccc1-c1cc(C(=O)N[C@H](CN(C)C)CC(C)(C)C)cc([N+](=O)[O-])c1. The Hall–Kier alpha value is -3.62. The first kappa shape index (κ1) is 41.5. The summed E-state index contributed by atoms with van der Waals surface area (Å²) >= 11 is 0. The maximum atomic E-state index is 14.2. The van der Waals surface area contributed by atoms with Gasteiger partial charge in [0.25, 0.3) is 11.6 Å². The fraction of sp³-hybridized carbons (Fsp3) is 0.659. The number of rotatable bonds is 14. The van der Waals surface area contributed by atoms with Crippen LogP contribution in [0.4, 0.5) is 5.69 Å². The number of aliphatic hydroxyl groups is 2. The number of methoxy groups -OCH3 is 1. The van der Waals surface area contributed by atoms with E-state index in [0.29, 0.717) is 53.2 Å². The average Bonchev–Trinajstić information content (AvgIpc) is 3.46. The molecule has 9 atom stereocenters. The quantitative estimate of drug-likeness (QED) is 0.152. The molecule has 4 aliphatic rings. The third-order valence-corrected chi connectivity index (χ3v) is 12.2. The van der Waals surface area contributed by atoms with Gasteiger partial charge in [-0.2, -0.15) is 5.06 Å². The molecule has 3 aliphatic carbocycles. The van der Waals surface area contributed by atoms with Crippen molar-refractivity contribution in [3.05, 3.63) is 57.6 Å². The molecule has 0 aromatic heterocycles. The van der Waals surface area contributed by atoms with Crippen molar-refractivity contribution < 1.29 is 34.3 Å². The van der Waals surface area contributed by atoms with Gasteiger partial charge >= 0.3 is 0 Å². The van der Waals surface area contributed by atoms with E-state index in [1.54, 1.807) is 25.1 Å². The largest absolute Gasteiger partial charge is 0.496 e. The number of hydroxylamine groups is 2. The predicted octanol–water partition coefficient (Wildman–Crippen LogP) is 5.03. The van der Waals surface area contributed by atoms with E-state index < -0.39 is 41.6 Å². The van der Waals surface area contributed by atoms with Gasteiger partial charge in [0.1, 0.15) is 17.9 Å². The summed E-state index contributed by atoms with van der Waals surface area (Å²) in [7, 11) is 5.36. The molecular weight excluding hydrogens is 690 g/mol. The molecule has 2 bridgehead atoms. The van der Waals surface area contributed by atoms with E-state index in [2.05, 4.69) is 52.2 Å². The number of amides is 2. The molecule has 3 saturated carbocycles. The zero-order valence-corrected chi connectivity index (χ0v) is 33.6. The van der Waals surface area contributed by atoms with Gasteiger partial charge in [-0.15, -0.1) is 0 Å². The predicted molar refractivity (Wildman–Crippen MR) is 207 cm³/mol.